The second-order valence-electron chi connectivity index (χ2n) is 9.89. The highest BCUT2D eigenvalue weighted by atomic mass is 19.3. The highest BCUT2D eigenvalue weighted by Gasteiger charge is 2.57. The van der Waals surface area contributed by atoms with Gasteiger partial charge < -0.3 is 19.7 Å². The van der Waals surface area contributed by atoms with Crippen LogP contribution in [-0.2, 0) is 21.1 Å². The van der Waals surface area contributed by atoms with Crippen molar-refractivity contribution in [1.29, 1.82) is 0 Å². The van der Waals surface area contributed by atoms with E-state index in [1.165, 1.54) is 18.0 Å². The number of nitrogens with zero attached hydrogens (tertiary/aromatic N) is 5. The lowest BCUT2D eigenvalue weighted by molar-refractivity contribution is -0.236. The van der Waals surface area contributed by atoms with Gasteiger partial charge in [0.25, 0.3) is 0 Å². The van der Waals surface area contributed by atoms with Crippen molar-refractivity contribution < 1.29 is 32.5 Å². The molecule has 1 fully saturated rings. The molecule has 13 heteroatoms. The first kappa shape index (κ1) is 26.3. The summed E-state index contributed by atoms with van der Waals surface area (Å²) in [4.78, 5) is 21.8. The maximum absolute atomic E-state index is 15.7. The van der Waals surface area contributed by atoms with Crippen molar-refractivity contribution in [2.24, 2.45) is 0 Å². The van der Waals surface area contributed by atoms with E-state index in [-0.39, 0.29) is 43.1 Å². The number of benzene rings is 1. The number of halogens is 3. The third-order valence-corrected chi connectivity index (χ3v) is 7.12. The van der Waals surface area contributed by atoms with E-state index in [4.69, 9.17) is 9.47 Å². The van der Waals surface area contributed by atoms with Gasteiger partial charge in [0.2, 0.25) is 0 Å². The fourth-order valence-corrected chi connectivity index (χ4v) is 5.34. The summed E-state index contributed by atoms with van der Waals surface area (Å²) >= 11 is 0. The monoisotopic (exact) mass is 536 g/mol. The average Bonchev–Trinajstić information content (AvgIpc) is 3.46. The number of methoxy groups -OCH3 is 1. The van der Waals surface area contributed by atoms with Gasteiger partial charge >= 0.3 is 12.0 Å². The molecule has 10 nitrogen and oxygen atoms in total. The molecule has 1 saturated heterocycles. The Hall–Kier alpha value is -3.32. The largest absolute Gasteiger partial charge is 0.491 e. The second-order valence-corrected chi connectivity index (χ2v) is 9.89. The van der Waals surface area contributed by atoms with Crippen LogP contribution in [0.1, 0.15) is 67.6 Å². The van der Waals surface area contributed by atoms with Crippen LogP contribution in [0.15, 0.2) is 24.4 Å². The summed E-state index contributed by atoms with van der Waals surface area (Å²) < 4.78 is 57.0. The number of ether oxygens (including phenoxy) is 2. The van der Waals surface area contributed by atoms with E-state index in [2.05, 4.69) is 20.3 Å². The normalized spacial score (nSPS) is 20.1. The first-order valence-corrected chi connectivity index (χ1v) is 12.7. The molecule has 1 N–H and O–H groups in total. The van der Waals surface area contributed by atoms with Crippen LogP contribution in [0.25, 0.3) is 5.70 Å². The Morgan fingerprint density at radius 1 is 1.29 bits per heavy atom. The number of nitrogens with one attached hydrogen (secondary N) is 1. The maximum atomic E-state index is 15.7. The first-order valence-electron chi connectivity index (χ1n) is 12.7. The van der Waals surface area contributed by atoms with Crippen LogP contribution in [0, 0.1) is 0 Å². The van der Waals surface area contributed by atoms with Crippen molar-refractivity contribution in [2.75, 3.05) is 33.4 Å². The van der Waals surface area contributed by atoms with Gasteiger partial charge in [-0.15, -0.1) is 0 Å². The van der Waals surface area contributed by atoms with Gasteiger partial charge in [0, 0.05) is 29.4 Å². The number of alkyl halides is 2. The summed E-state index contributed by atoms with van der Waals surface area (Å²) in [5, 5.41) is 7.74. The zero-order chi connectivity index (χ0) is 27.0. The predicted molar refractivity (Wildman–Crippen MR) is 129 cm³/mol. The maximum Gasteiger partial charge on any atom is 0.440 e. The SMILES string of the molecule is COCc1nc(C2=CN3CCOc4cc(C5CCNCC5)ccc4C3N2C(F)(F)C(=O)OF)n(C(C)C)n1. The molecule has 1 atom stereocenters. The Kier molecular flexibility index (Phi) is 7.23. The van der Waals surface area contributed by atoms with E-state index in [9.17, 15) is 9.32 Å². The van der Waals surface area contributed by atoms with Crippen LogP contribution >= 0.6 is 0 Å². The van der Waals surface area contributed by atoms with Gasteiger partial charge in [0.1, 0.15) is 30.8 Å². The molecule has 0 amide bonds. The van der Waals surface area contributed by atoms with Gasteiger partial charge in [0.15, 0.2) is 11.6 Å². The number of hydrogen-bond donors (Lipinski definition) is 1. The molecule has 0 saturated carbocycles. The molecule has 1 aromatic heterocycles. The Morgan fingerprint density at radius 2 is 2.05 bits per heavy atom. The van der Waals surface area contributed by atoms with Crippen LogP contribution in [0.2, 0.25) is 0 Å². The Labute approximate surface area is 218 Å². The molecule has 0 radical (unpaired) electrons. The summed E-state index contributed by atoms with van der Waals surface area (Å²) in [6.45, 7) is 5.98. The molecule has 2 aromatic rings. The molecule has 1 unspecified atom stereocenters. The molecule has 4 heterocycles. The summed E-state index contributed by atoms with van der Waals surface area (Å²) in [5.74, 6) is -1.17. The van der Waals surface area contributed by atoms with Crippen molar-refractivity contribution in [3.05, 3.63) is 47.2 Å². The Bertz CT molecular complexity index is 1210. The molecule has 38 heavy (non-hydrogen) atoms. The zero-order valence-electron chi connectivity index (χ0n) is 21.5. The third kappa shape index (κ3) is 4.57. The highest BCUT2D eigenvalue weighted by Crippen LogP contribution is 2.49. The predicted octanol–water partition coefficient (Wildman–Crippen LogP) is 3.50. The fourth-order valence-electron chi connectivity index (χ4n) is 5.34. The average molecular weight is 537 g/mol. The molecule has 3 aliphatic heterocycles. The van der Waals surface area contributed by atoms with Gasteiger partial charge in [-0.3, -0.25) is 4.90 Å². The van der Waals surface area contributed by atoms with Crippen LogP contribution in [0.4, 0.5) is 13.3 Å². The van der Waals surface area contributed by atoms with E-state index in [0.29, 0.717) is 22.1 Å². The minimum absolute atomic E-state index is 0.0617. The van der Waals surface area contributed by atoms with Crippen LogP contribution in [-0.4, -0.2) is 69.9 Å². The molecular formula is C25H31F3N6O4. The Balaban J connectivity index is 1.62. The Morgan fingerprint density at radius 3 is 2.74 bits per heavy atom. The smallest absolute Gasteiger partial charge is 0.440 e. The van der Waals surface area contributed by atoms with Crippen molar-refractivity contribution in [1.82, 2.24) is 29.9 Å². The fraction of sp³-hybridized carbons (Fsp3) is 0.560. The molecule has 206 valence electrons. The molecule has 0 aliphatic carbocycles. The minimum Gasteiger partial charge on any atom is -0.491 e. The lowest BCUT2D eigenvalue weighted by Crippen LogP contribution is -2.49. The standard InChI is InChI=1S/C25H31F3N6O4/c1-15(2)34-22(30-21(31-34)14-36-3)19-13-32-10-11-37-20-12-17(16-6-8-29-9-7-16)4-5-18(20)23(32)33(19)25(26,27)24(35)38-28/h4-5,12-13,15-16,23,29H,6-11,14H2,1-3H3. The molecule has 3 aliphatic rings. The number of carbonyl (C=O) groups excluding carboxylic acids is 1. The minimum atomic E-state index is -4.37. The van der Waals surface area contributed by atoms with Crippen LogP contribution in [0.5, 0.6) is 5.75 Å². The number of carbonyl (C=O) groups is 1. The van der Waals surface area contributed by atoms with Crippen molar-refractivity contribution >= 4 is 11.7 Å². The van der Waals surface area contributed by atoms with E-state index in [0.717, 1.165) is 31.5 Å². The first-order chi connectivity index (χ1) is 18.3. The van der Waals surface area contributed by atoms with Gasteiger partial charge in [0.05, 0.1) is 6.54 Å². The van der Waals surface area contributed by atoms with E-state index in [1.54, 1.807) is 11.0 Å². The summed E-state index contributed by atoms with van der Waals surface area (Å²) in [6, 6.07) is 0.932. The van der Waals surface area contributed by atoms with Crippen LogP contribution < -0.4 is 10.1 Å². The number of hydrogen-bond acceptors (Lipinski definition) is 9. The van der Waals surface area contributed by atoms with Crippen molar-refractivity contribution in [3.8, 4) is 5.75 Å². The molecular weight excluding hydrogens is 505 g/mol. The van der Waals surface area contributed by atoms with Crippen molar-refractivity contribution in [3.63, 3.8) is 0 Å². The van der Waals surface area contributed by atoms with E-state index >= 15 is 8.78 Å². The van der Waals surface area contributed by atoms with E-state index in [1.807, 2.05) is 26.0 Å². The summed E-state index contributed by atoms with van der Waals surface area (Å²) in [7, 11) is 1.47. The lowest BCUT2D eigenvalue weighted by atomic mass is 9.89. The molecule has 1 aromatic carbocycles. The van der Waals surface area contributed by atoms with Gasteiger partial charge in [-0.2, -0.15) is 13.9 Å². The lowest BCUT2D eigenvalue weighted by Gasteiger charge is -2.36. The quantitative estimate of drug-likeness (QED) is 0.534. The number of aromatic nitrogens is 3. The summed E-state index contributed by atoms with van der Waals surface area (Å²) in [5.41, 5.74) is 1.39. The second kappa shape index (κ2) is 10.4. The van der Waals surface area contributed by atoms with Crippen molar-refractivity contribution in [2.45, 2.75) is 57.5 Å². The van der Waals surface area contributed by atoms with Crippen LogP contribution in [0.3, 0.4) is 0 Å². The van der Waals surface area contributed by atoms with Gasteiger partial charge in [-0.25, -0.2) is 19.4 Å². The van der Waals surface area contributed by atoms with Gasteiger partial charge in [-0.05, 0) is 57.3 Å². The summed E-state index contributed by atoms with van der Waals surface area (Å²) in [6.07, 6.45) is 2.23. The van der Waals surface area contributed by atoms with Gasteiger partial charge in [-0.1, -0.05) is 12.1 Å². The number of rotatable bonds is 7. The highest BCUT2D eigenvalue weighted by molar-refractivity contribution is 5.80. The third-order valence-electron chi connectivity index (χ3n) is 7.12. The van der Waals surface area contributed by atoms with E-state index < -0.39 is 18.2 Å². The molecule has 5 rings (SSSR count). The molecule has 0 bridgehead atoms. The number of fused-ring (bicyclic) bond motifs is 3. The number of piperidine rings is 1. The zero-order valence-corrected chi connectivity index (χ0v) is 21.5. The molecule has 0 spiro atoms. The topological polar surface area (TPSA) is 94.0 Å².